The van der Waals surface area contributed by atoms with E-state index < -0.39 is 0 Å². The summed E-state index contributed by atoms with van der Waals surface area (Å²) >= 11 is 0. The van der Waals surface area contributed by atoms with Crippen molar-refractivity contribution in [3.8, 4) is 0 Å². The number of nitrogens with one attached hydrogen (secondary N) is 1. The lowest BCUT2D eigenvalue weighted by atomic mass is 9.85. The van der Waals surface area contributed by atoms with E-state index in [-0.39, 0.29) is 10.8 Å². The highest BCUT2D eigenvalue weighted by Gasteiger charge is 2.23. The second-order valence-electron chi connectivity index (χ2n) is 7.73. The van der Waals surface area contributed by atoms with Crippen LogP contribution in [0, 0.1) is 0 Å². The molecule has 4 heteroatoms. The Balaban J connectivity index is 2.10. The molecule has 0 unspecified atom stereocenters. The number of aryl methyl sites for hydroxylation is 1. The molecule has 2 heterocycles. The Morgan fingerprint density at radius 1 is 1.17 bits per heavy atom. The quantitative estimate of drug-likeness (QED) is 0.885. The third-order valence-electron chi connectivity index (χ3n) is 4.12. The van der Waals surface area contributed by atoms with E-state index >= 15 is 0 Å². The van der Waals surface area contributed by atoms with E-state index in [2.05, 4.69) is 80.8 Å². The number of rotatable bonds is 5. The van der Waals surface area contributed by atoms with Crippen LogP contribution in [0.1, 0.15) is 63.8 Å². The molecule has 2 rings (SSSR count). The molecule has 0 aliphatic rings. The monoisotopic (exact) mass is 312 g/mol. The number of aromatic amines is 1. The van der Waals surface area contributed by atoms with Crippen molar-refractivity contribution in [2.24, 2.45) is 7.05 Å². The van der Waals surface area contributed by atoms with Gasteiger partial charge in [-0.25, -0.2) is 0 Å². The standard InChI is InChI=1S/C19H28N4/c1-8-14-13-17(23(7)22-14)19(5,6)11-9-10-15-12-16(21-20-15)18(2,3)4/h8-10,12-13H,1,11H2,2-7H3,(H,20,21)/b10-9+. The van der Waals surface area contributed by atoms with E-state index in [4.69, 9.17) is 0 Å². The lowest BCUT2D eigenvalue weighted by Crippen LogP contribution is -2.20. The van der Waals surface area contributed by atoms with Crippen molar-refractivity contribution in [2.45, 2.75) is 51.9 Å². The van der Waals surface area contributed by atoms with Crippen molar-refractivity contribution < 1.29 is 0 Å². The van der Waals surface area contributed by atoms with Gasteiger partial charge < -0.3 is 0 Å². The highest BCUT2D eigenvalue weighted by molar-refractivity contribution is 5.46. The average Bonchev–Trinajstić information content (AvgIpc) is 3.04. The minimum Gasteiger partial charge on any atom is -0.281 e. The van der Waals surface area contributed by atoms with Gasteiger partial charge in [-0.2, -0.15) is 10.2 Å². The molecular formula is C19H28N4. The van der Waals surface area contributed by atoms with Gasteiger partial charge in [-0.15, -0.1) is 0 Å². The Morgan fingerprint density at radius 2 is 1.87 bits per heavy atom. The van der Waals surface area contributed by atoms with Crippen LogP contribution >= 0.6 is 0 Å². The summed E-state index contributed by atoms with van der Waals surface area (Å²) in [6.07, 6.45) is 6.97. The molecule has 0 amide bonds. The van der Waals surface area contributed by atoms with E-state index in [1.165, 1.54) is 5.69 Å². The van der Waals surface area contributed by atoms with Crippen molar-refractivity contribution in [2.75, 3.05) is 0 Å². The van der Waals surface area contributed by atoms with E-state index in [0.29, 0.717) is 0 Å². The van der Waals surface area contributed by atoms with Gasteiger partial charge in [0.15, 0.2) is 0 Å². The molecule has 0 atom stereocenters. The summed E-state index contributed by atoms with van der Waals surface area (Å²) in [5.41, 5.74) is 4.34. The highest BCUT2D eigenvalue weighted by atomic mass is 15.3. The number of nitrogens with zero attached hydrogens (tertiary/aromatic N) is 3. The number of hydrogen-bond donors (Lipinski definition) is 1. The van der Waals surface area contributed by atoms with Gasteiger partial charge in [-0.3, -0.25) is 9.78 Å². The Kier molecular flexibility index (Phi) is 4.64. The predicted octanol–water partition coefficient (Wildman–Crippen LogP) is 4.46. The molecule has 2 aromatic heterocycles. The van der Waals surface area contributed by atoms with E-state index in [0.717, 1.165) is 23.5 Å². The van der Waals surface area contributed by atoms with Crippen molar-refractivity contribution >= 4 is 12.2 Å². The van der Waals surface area contributed by atoms with Crippen LogP contribution in [0.4, 0.5) is 0 Å². The third-order valence-corrected chi connectivity index (χ3v) is 4.12. The molecule has 4 nitrogen and oxygen atoms in total. The molecule has 0 saturated heterocycles. The first-order chi connectivity index (χ1) is 10.6. The summed E-state index contributed by atoms with van der Waals surface area (Å²) in [5.74, 6) is 0. The number of aromatic nitrogens is 4. The fourth-order valence-corrected chi connectivity index (χ4v) is 2.61. The lowest BCUT2D eigenvalue weighted by Gasteiger charge is -2.23. The molecule has 0 spiro atoms. The normalized spacial score (nSPS) is 13.0. The van der Waals surface area contributed by atoms with Crippen LogP contribution in [0.5, 0.6) is 0 Å². The Morgan fingerprint density at radius 3 is 2.39 bits per heavy atom. The molecule has 0 fully saturated rings. The van der Waals surface area contributed by atoms with Crippen LogP contribution in [0.3, 0.4) is 0 Å². The zero-order valence-corrected chi connectivity index (χ0v) is 15.1. The predicted molar refractivity (Wildman–Crippen MR) is 97.3 cm³/mol. The summed E-state index contributed by atoms with van der Waals surface area (Å²) in [7, 11) is 1.98. The number of H-pyrrole nitrogens is 1. The summed E-state index contributed by atoms with van der Waals surface area (Å²) < 4.78 is 1.94. The highest BCUT2D eigenvalue weighted by Crippen LogP contribution is 2.28. The van der Waals surface area contributed by atoms with Crippen molar-refractivity contribution in [3.63, 3.8) is 0 Å². The minimum absolute atomic E-state index is 0.00265. The van der Waals surface area contributed by atoms with Crippen LogP contribution in [-0.2, 0) is 17.9 Å². The Labute approximate surface area is 139 Å². The van der Waals surface area contributed by atoms with Crippen LogP contribution < -0.4 is 0 Å². The molecule has 124 valence electrons. The number of hydrogen-bond acceptors (Lipinski definition) is 2. The van der Waals surface area contributed by atoms with Gasteiger partial charge in [-0.1, -0.05) is 47.3 Å². The summed E-state index contributed by atoms with van der Waals surface area (Å²) in [6, 6.07) is 4.22. The van der Waals surface area contributed by atoms with E-state index in [9.17, 15) is 0 Å². The lowest BCUT2D eigenvalue weighted by molar-refractivity contribution is 0.483. The average molecular weight is 312 g/mol. The third kappa shape index (κ3) is 4.01. The molecule has 0 aliphatic heterocycles. The smallest absolute Gasteiger partial charge is 0.0848 e. The van der Waals surface area contributed by atoms with Gasteiger partial charge in [0.2, 0.25) is 0 Å². The first-order valence-electron chi connectivity index (χ1n) is 8.03. The van der Waals surface area contributed by atoms with Gasteiger partial charge in [0.1, 0.15) is 0 Å². The second-order valence-corrected chi connectivity index (χ2v) is 7.73. The molecular weight excluding hydrogens is 284 g/mol. The Bertz CT molecular complexity index is 708. The van der Waals surface area contributed by atoms with Crippen molar-refractivity contribution in [1.82, 2.24) is 20.0 Å². The summed E-state index contributed by atoms with van der Waals surface area (Å²) in [4.78, 5) is 0. The molecule has 0 bridgehead atoms. The van der Waals surface area contributed by atoms with E-state index in [1.807, 2.05) is 11.7 Å². The van der Waals surface area contributed by atoms with Crippen LogP contribution in [0.15, 0.2) is 24.8 Å². The molecule has 0 saturated carbocycles. The van der Waals surface area contributed by atoms with Gasteiger partial charge in [0.25, 0.3) is 0 Å². The molecule has 23 heavy (non-hydrogen) atoms. The maximum absolute atomic E-state index is 4.45. The minimum atomic E-state index is 0.00265. The van der Waals surface area contributed by atoms with Crippen LogP contribution in [0.2, 0.25) is 0 Å². The fraction of sp³-hybridized carbons (Fsp3) is 0.474. The van der Waals surface area contributed by atoms with Gasteiger partial charge in [0.05, 0.1) is 11.4 Å². The van der Waals surface area contributed by atoms with Crippen molar-refractivity contribution in [1.29, 1.82) is 0 Å². The molecule has 2 aromatic rings. The molecule has 0 aliphatic carbocycles. The second kappa shape index (κ2) is 6.19. The molecule has 0 aromatic carbocycles. The first kappa shape index (κ1) is 17.3. The zero-order chi connectivity index (χ0) is 17.3. The molecule has 0 radical (unpaired) electrons. The fourth-order valence-electron chi connectivity index (χ4n) is 2.61. The summed E-state index contributed by atoms with van der Waals surface area (Å²) in [5, 5.41) is 11.9. The molecule has 1 N–H and O–H groups in total. The maximum Gasteiger partial charge on any atom is 0.0848 e. The van der Waals surface area contributed by atoms with Gasteiger partial charge in [-0.05, 0) is 30.7 Å². The van der Waals surface area contributed by atoms with Gasteiger partial charge >= 0.3 is 0 Å². The van der Waals surface area contributed by atoms with E-state index in [1.54, 1.807) is 6.08 Å². The van der Waals surface area contributed by atoms with Crippen LogP contribution in [0.25, 0.3) is 12.2 Å². The van der Waals surface area contributed by atoms with Gasteiger partial charge in [0, 0.05) is 29.3 Å². The summed E-state index contributed by atoms with van der Waals surface area (Å²) in [6.45, 7) is 14.8. The number of allylic oxidation sites excluding steroid dienone is 1. The van der Waals surface area contributed by atoms with Crippen LogP contribution in [-0.4, -0.2) is 20.0 Å². The largest absolute Gasteiger partial charge is 0.281 e. The SMILES string of the molecule is C=Cc1cc(C(C)(C)C/C=C/c2cc(C(C)(C)C)[nH]n2)n(C)n1. The maximum atomic E-state index is 4.45. The first-order valence-corrected chi connectivity index (χ1v) is 8.03. The topological polar surface area (TPSA) is 46.5 Å². The Hall–Kier alpha value is -2.10. The zero-order valence-electron chi connectivity index (χ0n) is 15.1. The van der Waals surface area contributed by atoms with Crippen molar-refractivity contribution in [3.05, 3.63) is 47.6 Å².